The normalized spacial score (nSPS) is 23.9. The standard InChI is InChI=1S/C29H33IO6/c1-31-24-15-13-23(14-16-24)20-35-28-27(34-19-22-11-7-4-8-12-22)26(25(17-30)36-29(28)32-2)33-18-21-9-5-3-6-10-21/h3-16,25-29H,17-20H2,1-2H3/t25-,26-,27+,28-,29+/m1/s1. The Kier molecular flexibility index (Phi) is 10.6. The van der Waals surface area contributed by atoms with Crippen molar-refractivity contribution in [3.63, 3.8) is 0 Å². The number of rotatable bonds is 12. The molecule has 0 bridgehead atoms. The molecule has 1 saturated heterocycles. The summed E-state index contributed by atoms with van der Waals surface area (Å²) in [5, 5.41) is 0. The first-order valence-electron chi connectivity index (χ1n) is 12.0. The van der Waals surface area contributed by atoms with E-state index in [4.69, 9.17) is 28.4 Å². The Morgan fingerprint density at radius 1 is 0.639 bits per heavy atom. The Morgan fingerprint density at radius 3 is 1.64 bits per heavy atom. The molecule has 5 atom stereocenters. The third-order valence-electron chi connectivity index (χ3n) is 6.15. The van der Waals surface area contributed by atoms with Crippen LogP contribution >= 0.6 is 22.6 Å². The maximum atomic E-state index is 6.54. The van der Waals surface area contributed by atoms with E-state index in [0.29, 0.717) is 19.8 Å². The molecule has 36 heavy (non-hydrogen) atoms. The number of hydrogen-bond donors (Lipinski definition) is 0. The van der Waals surface area contributed by atoms with Crippen molar-refractivity contribution in [3.05, 3.63) is 102 Å². The van der Waals surface area contributed by atoms with Gasteiger partial charge in [-0.3, -0.25) is 0 Å². The third kappa shape index (κ3) is 7.27. The van der Waals surface area contributed by atoms with Crippen LogP contribution in [0.15, 0.2) is 84.9 Å². The van der Waals surface area contributed by atoms with E-state index in [2.05, 4.69) is 46.9 Å². The zero-order valence-electron chi connectivity index (χ0n) is 20.6. The van der Waals surface area contributed by atoms with E-state index in [1.807, 2.05) is 60.7 Å². The number of hydrogen-bond acceptors (Lipinski definition) is 6. The van der Waals surface area contributed by atoms with Crippen LogP contribution in [0.25, 0.3) is 0 Å². The second kappa shape index (κ2) is 14.1. The molecule has 1 aliphatic rings. The first-order valence-corrected chi connectivity index (χ1v) is 13.5. The Balaban J connectivity index is 1.55. The highest BCUT2D eigenvalue weighted by Gasteiger charge is 2.48. The molecular weight excluding hydrogens is 571 g/mol. The van der Waals surface area contributed by atoms with E-state index in [-0.39, 0.29) is 12.2 Å². The number of alkyl halides is 1. The van der Waals surface area contributed by atoms with Crippen molar-refractivity contribution >= 4 is 22.6 Å². The van der Waals surface area contributed by atoms with Gasteiger partial charge >= 0.3 is 0 Å². The lowest BCUT2D eigenvalue weighted by Crippen LogP contribution is -2.61. The molecule has 3 aromatic rings. The smallest absolute Gasteiger partial charge is 0.186 e. The van der Waals surface area contributed by atoms with Gasteiger partial charge in [0.2, 0.25) is 0 Å². The summed E-state index contributed by atoms with van der Waals surface area (Å²) in [6.45, 7) is 1.27. The molecule has 0 unspecified atom stereocenters. The van der Waals surface area contributed by atoms with Crippen molar-refractivity contribution in [3.8, 4) is 5.75 Å². The quantitative estimate of drug-likeness (QED) is 0.200. The largest absolute Gasteiger partial charge is 0.497 e. The minimum atomic E-state index is -0.583. The fourth-order valence-electron chi connectivity index (χ4n) is 4.21. The van der Waals surface area contributed by atoms with Gasteiger partial charge < -0.3 is 28.4 Å². The predicted octanol–water partition coefficient (Wildman–Crippen LogP) is 5.56. The van der Waals surface area contributed by atoms with Gasteiger partial charge in [0.15, 0.2) is 6.29 Å². The number of ether oxygens (including phenoxy) is 6. The average Bonchev–Trinajstić information content (AvgIpc) is 2.95. The van der Waals surface area contributed by atoms with Gasteiger partial charge in [0.1, 0.15) is 24.1 Å². The maximum Gasteiger partial charge on any atom is 0.186 e. The molecule has 0 aromatic heterocycles. The van der Waals surface area contributed by atoms with Crippen molar-refractivity contribution in [2.45, 2.75) is 50.5 Å². The molecule has 0 amide bonds. The summed E-state index contributed by atoms with van der Waals surface area (Å²) in [5.74, 6) is 0.804. The van der Waals surface area contributed by atoms with Crippen LogP contribution in [0.2, 0.25) is 0 Å². The van der Waals surface area contributed by atoms with Gasteiger partial charge in [-0.2, -0.15) is 0 Å². The zero-order chi connectivity index (χ0) is 25.2. The van der Waals surface area contributed by atoms with Gasteiger partial charge in [-0.25, -0.2) is 0 Å². The second-order valence-corrected chi connectivity index (χ2v) is 9.46. The van der Waals surface area contributed by atoms with Gasteiger partial charge in [-0.1, -0.05) is 95.4 Å². The van der Waals surface area contributed by atoms with Gasteiger partial charge in [0.25, 0.3) is 0 Å². The molecule has 0 radical (unpaired) electrons. The monoisotopic (exact) mass is 604 g/mol. The highest BCUT2D eigenvalue weighted by Crippen LogP contribution is 2.31. The first kappa shape index (κ1) is 27.0. The van der Waals surface area contributed by atoms with Crippen LogP contribution in [-0.2, 0) is 43.5 Å². The number of methoxy groups -OCH3 is 2. The van der Waals surface area contributed by atoms with Crippen LogP contribution in [0.4, 0.5) is 0 Å². The highest BCUT2D eigenvalue weighted by atomic mass is 127. The second-order valence-electron chi connectivity index (χ2n) is 8.58. The molecule has 4 rings (SSSR count). The minimum absolute atomic E-state index is 0.208. The maximum absolute atomic E-state index is 6.54. The Bertz CT molecular complexity index is 1020. The van der Waals surface area contributed by atoms with E-state index in [0.717, 1.165) is 26.9 Å². The lowest BCUT2D eigenvalue weighted by atomic mass is 9.98. The van der Waals surface area contributed by atoms with Crippen LogP contribution < -0.4 is 4.74 Å². The minimum Gasteiger partial charge on any atom is -0.497 e. The molecule has 7 heteroatoms. The molecule has 0 N–H and O–H groups in total. The van der Waals surface area contributed by atoms with Gasteiger partial charge in [0.05, 0.1) is 33.0 Å². The average molecular weight is 604 g/mol. The fraction of sp³-hybridized carbons (Fsp3) is 0.379. The summed E-state index contributed by atoms with van der Waals surface area (Å²) in [7, 11) is 3.29. The summed E-state index contributed by atoms with van der Waals surface area (Å²) >= 11 is 2.33. The summed E-state index contributed by atoms with van der Waals surface area (Å²) in [5.41, 5.74) is 3.20. The molecule has 1 aliphatic heterocycles. The lowest BCUT2D eigenvalue weighted by molar-refractivity contribution is -0.313. The molecule has 192 valence electrons. The van der Waals surface area contributed by atoms with Crippen molar-refractivity contribution < 1.29 is 28.4 Å². The highest BCUT2D eigenvalue weighted by molar-refractivity contribution is 14.1. The SMILES string of the molecule is COc1ccc(CO[C@H]2[C@@H](OC)O[C@H](CI)[C@@H](OCc3ccccc3)[C@@H]2OCc2ccccc2)cc1. The van der Waals surface area contributed by atoms with Crippen LogP contribution in [0.1, 0.15) is 16.7 Å². The van der Waals surface area contributed by atoms with Gasteiger partial charge in [-0.05, 0) is 28.8 Å². The van der Waals surface area contributed by atoms with Gasteiger partial charge in [-0.15, -0.1) is 0 Å². The summed E-state index contributed by atoms with van der Waals surface area (Å²) < 4.78 is 37.5. The molecule has 0 aliphatic carbocycles. The molecule has 1 fully saturated rings. The summed E-state index contributed by atoms with van der Waals surface area (Å²) in [4.78, 5) is 0. The van der Waals surface area contributed by atoms with E-state index in [9.17, 15) is 0 Å². The van der Waals surface area contributed by atoms with Crippen molar-refractivity contribution in [2.75, 3.05) is 18.6 Å². The first-order chi connectivity index (χ1) is 17.7. The topological polar surface area (TPSA) is 55.4 Å². The van der Waals surface area contributed by atoms with Crippen LogP contribution in [-0.4, -0.2) is 49.4 Å². The van der Waals surface area contributed by atoms with Crippen molar-refractivity contribution in [2.24, 2.45) is 0 Å². The van der Waals surface area contributed by atoms with Crippen LogP contribution in [0.3, 0.4) is 0 Å². The van der Waals surface area contributed by atoms with Crippen molar-refractivity contribution in [1.29, 1.82) is 0 Å². The van der Waals surface area contributed by atoms with Crippen LogP contribution in [0, 0.1) is 0 Å². The molecular formula is C29H33IO6. The molecule has 6 nitrogen and oxygen atoms in total. The summed E-state index contributed by atoms with van der Waals surface area (Å²) in [6.07, 6.45) is -2.01. The van der Waals surface area contributed by atoms with E-state index in [1.165, 1.54) is 0 Å². The Labute approximate surface area is 226 Å². The molecule has 0 saturated carbocycles. The summed E-state index contributed by atoms with van der Waals surface area (Å²) in [6, 6.07) is 28.1. The molecule has 1 heterocycles. The van der Waals surface area contributed by atoms with E-state index >= 15 is 0 Å². The molecule has 3 aromatic carbocycles. The van der Waals surface area contributed by atoms with Gasteiger partial charge in [0, 0.05) is 11.5 Å². The third-order valence-corrected chi connectivity index (χ3v) is 7.02. The van der Waals surface area contributed by atoms with Crippen molar-refractivity contribution in [1.82, 2.24) is 0 Å². The predicted molar refractivity (Wildman–Crippen MR) is 146 cm³/mol. The van der Waals surface area contributed by atoms with E-state index < -0.39 is 18.5 Å². The lowest BCUT2D eigenvalue weighted by Gasteiger charge is -2.45. The molecule has 0 spiro atoms. The van der Waals surface area contributed by atoms with E-state index in [1.54, 1.807) is 14.2 Å². The number of halogens is 1. The Morgan fingerprint density at radius 2 is 1.14 bits per heavy atom. The van der Waals surface area contributed by atoms with Crippen LogP contribution in [0.5, 0.6) is 5.75 Å². The Hall–Kier alpha value is -2.01. The fourth-order valence-corrected chi connectivity index (χ4v) is 4.92. The zero-order valence-corrected chi connectivity index (χ0v) is 22.8. The number of benzene rings is 3.